The third-order valence-corrected chi connectivity index (χ3v) is 6.01. The molecule has 0 spiro atoms. The van der Waals surface area contributed by atoms with Crippen molar-refractivity contribution in [1.82, 2.24) is 10.2 Å². The van der Waals surface area contributed by atoms with Gasteiger partial charge in [0, 0.05) is 12.1 Å². The third-order valence-electron chi connectivity index (χ3n) is 5.27. The van der Waals surface area contributed by atoms with E-state index in [2.05, 4.69) is 26.1 Å². The van der Waals surface area contributed by atoms with E-state index in [1.165, 1.54) is 0 Å². The minimum Gasteiger partial charge on any atom is -0.483 e. The first kappa shape index (κ1) is 28.0. The largest absolute Gasteiger partial charge is 0.483 e. The Labute approximate surface area is 213 Å². The molecule has 186 valence electrons. The number of ether oxygens (including phenoxy) is 1. The van der Waals surface area contributed by atoms with Gasteiger partial charge in [-0.15, -0.1) is 0 Å². The molecule has 0 saturated heterocycles. The first-order valence-electron chi connectivity index (χ1n) is 11.5. The molecule has 0 aliphatic carbocycles. The number of hydrogen-bond donors (Lipinski definition) is 1. The topological polar surface area (TPSA) is 58.6 Å². The van der Waals surface area contributed by atoms with Crippen molar-refractivity contribution in [1.29, 1.82) is 0 Å². The zero-order valence-corrected chi connectivity index (χ0v) is 22.7. The van der Waals surface area contributed by atoms with E-state index in [0.29, 0.717) is 22.2 Å². The van der Waals surface area contributed by atoms with Gasteiger partial charge in [0.15, 0.2) is 6.61 Å². The first-order valence-corrected chi connectivity index (χ1v) is 12.3. The van der Waals surface area contributed by atoms with Crippen molar-refractivity contribution in [3.05, 3.63) is 63.6 Å². The van der Waals surface area contributed by atoms with Crippen LogP contribution in [0.1, 0.15) is 66.0 Å². The molecule has 2 rings (SSSR count). The number of rotatable bonds is 8. The zero-order valence-electron chi connectivity index (χ0n) is 21.2. The van der Waals surface area contributed by atoms with Gasteiger partial charge in [-0.2, -0.15) is 0 Å². The standard InChI is InChI=1S/C27H36Cl2N2O3/c1-8-22(25(33)30-27(5,6)7)31(16-18-13-14-20(28)21(29)15-18)24(32)17-34-23-12-10-9-11-19(23)26(2,3)4/h9-15,22H,8,16-17H2,1-7H3,(H,30,33). The fraction of sp³-hybridized carbons (Fsp3) is 0.481. The van der Waals surface area contributed by atoms with Gasteiger partial charge in [0.2, 0.25) is 5.91 Å². The molecule has 7 heteroatoms. The van der Waals surface area contributed by atoms with E-state index in [-0.39, 0.29) is 30.4 Å². The van der Waals surface area contributed by atoms with E-state index in [0.717, 1.165) is 11.1 Å². The van der Waals surface area contributed by atoms with E-state index >= 15 is 0 Å². The monoisotopic (exact) mass is 506 g/mol. The molecule has 2 aromatic carbocycles. The Morgan fingerprint density at radius 1 is 1.00 bits per heavy atom. The van der Waals surface area contributed by atoms with Crippen LogP contribution in [-0.4, -0.2) is 34.9 Å². The highest BCUT2D eigenvalue weighted by Crippen LogP contribution is 2.31. The maximum atomic E-state index is 13.5. The second kappa shape index (κ2) is 11.5. The van der Waals surface area contributed by atoms with Crippen molar-refractivity contribution in [2.75, 3.05) is 6.61 Å². The van der Waals surface area contributed by atoms with E-state index < -0.39 is 11.6 Å². The van der Waals surface area contributed by atoms with Gasteiger partial charge < -0.3 is 15.0 Å². The summed E-state index contributed by atoms with van der Waals surface area (Å²) in [6.07, 6.45) is 0.452. The Bertz CT molecular complexity index is 1010. The smallest absolute Gasteiger partial charge is 0.261 e. The second-order valence-electron chi connectivity index (χ2n) is 10.5. The first-order chi connectivity index (χ1) is 15.7. The van der Waals surface area contributed by atoms with E-state index in [1.807, 2.05) is 52.0 Å². The van der Waals surface area contributed by atoms with Crippen molar-refractivity contribution in [2.45, 2.75) is 78.4 Å². The maximum absolute atomic E-state index is 13.5. The lowest BCUT2D eigenvalue weighted by Gasteiger charge is -2.33. The molecule has 1 N–H and O–H groups in total. The molecule has 0 bridgehead atoms. The quantitative estimate of drug-likeness (QED) is 0.450. The molecule has 5 nitrogen and oxygen atoms in total. The number of nitrogens with one attached hydrogen (secondary N) is 1. The van der Waals surface area contributed by atoms with Crippen molar-refractivity contribution in [3.63, 3.8) is 0 Å². The molecular formula is C27H36Cl2N2O3. The molecule has 0 radical (unpaired) electrons. The van der Waals surface area contributed by atoms with E-state index in [4.69, 9.17) is 27.9 Å². The second-order valence-corrected chi connectivity index (χ2v) is 11.3. The fourth-order valence-electron chi connectivity index (χ4n) is 3.64. The van der Waals surface area contributed by atoms with Crippen LogP contribution in [0.3, 0.4) is 0 Å². The van der Waals surface area contributed by atoms with Gasteiger partial charge in [0.25, 0.3) is 5.91 Å². The van der Waals surface area contributed by atoms with Crippen LogP contribution in [0, 0.1) is 0 Å². The third kappa shape index (κ3) is 7.92. The summed E-state index contributed by atoms with van der Waals surface area (Å²) in [5.41, 5.74) is 1.22. The molecule has 0 saturated carbocycles. The summed E-state index contributed by atoms with van der Waals surface area (Å²) < 4.78 is 5.99. The molecule has 0 heterocycles. The van der Waals surface area contributed by atoms with Crippen molar-refractivity contribution >= 4 is 35.0 Å². The minimum atomic E-state index is -0.664. The SMILES string of the molecule is CCC(C(=O)NC(C)(C)C)N(Cc1ccc(Cl)c(Cl)c1)C(=O)COc1ccccc1C(C)(C)C. The van der Waals surface area contributed by atoms with Crippen LogP contribution in [0.4, 0.5) is 0 Å². The highest BCUT2D eigenvalue weighted by molar-refractivity contribution is 6.42. The van der Waals surface area contributed by atoms with Gasteiger partial charge in [-0.05, 0) is 61.9 Å². The van der Waals surface area contributed by atoms with Crippen molar-refractivity contribution < 1.29 is 14.3 Å². The molecular weight excluding hydrogens is 471 g/mol. The summed E-state index contributed by atoms with van der Waals surface area (Å²) in [4.78, 5) is 28.1. The van der Waals surface area contributed by atoms with Gasteiger partial charge in [0.05, 0.1) is 10.0 Å². The van der Waals surface area contributed by atoms with E-state index in [1.54, 1.807) is 23.1 Å². The predicted octanol–water partition coefficient (Wildman–Crippen LogP) is 6.39. The Kier molecular flexibility index (Phi) is 9.44. The van der Waals surface area contributed by atoms with Crippen LogP contribution in [-0.2, 0) is 21.5 Å². The van der Waals surface area contributed by atoms with Crippen LogP contribution < -0.4 is 10.1 Å². The van der Waals surface area contributed by atoms with Crippen LogP contribution in [0.2, 0.25) is 10.0 Å². The number of para-hydroxylation sites is 1. The number of hydrogen-bond acceptors (Lipinski definition) is 3. The van der Waals surface area contributed by atoms with Gasteiger partial charge in [-0.3, -0.25) is 9.59 Å². The minimum absolute atomic E-state index is 0.141. The predicted molar refractivity (Wildman–Crippen MR) is 140 cm³/mol. The summed E-state index contributed by atoms with van der Waals surface area (Å²) >= 11 is 12.3. The molecule has 0 fully saturated rings. The fourth-order valence-corrected chi connectivity index (χ4v) is 3.96. The van der Waals surface area contributed by atoms with Crippen LogP contribution in [0.25, 0.3) is 0 Å². The normalized spacial score (nSPS) is 12.7. The number of amides is 2. The van der Waals surface area contributed by atoms with Gasteiger partial charge >= 0.3 is 0 Å². The summed E-state index contributed by atoms with van der Waals surface area (Å²) in [5, 5.41) is 3.82. The average Bonchev–Trinajstić information content (AvgIpc) is 2.72. The Morgan fingerprint density at radius 3 is 2.21 bits per heavy atom. The summed E-state index contributed by atoms with van der Waals surface area (Å²) in [7, 11) is 0. The average molecular weight is 508 g/mol. The van der Waals surface area contributed by atoms with Crippen molar-refractivity contribution in [2.24, 2.45) is 0 Å². The molecule has 1 unspecified atom stereocenters. The number of nitrogens with zero attached hydrogens (tertiary/aromatic N) is 1. The summed E-state index contributed by atoms with van der Waals surface area (Å²) in [6, 6.07) is 12.2. The van der Waals surface area contributed by atoms with Crippen LogP contribution >= 0.6 is 23.2 Å². The molecule has 0 aromatic heterocycles. The molecule has 1 atom stereocenters. The van der Waals surface area contributed by atoms with Gasteiger partial charge in [0.1, 0.15) is 11.8 Å². The zero-order chi connectivity index (χ0) is 25.7. The summed E-state index contributed by atoms with van der Waals surface area (Å²) in [5.74, 6) is 0.161. The van der Waals surface area contributed by atoms with E-state index in [9.17, 15) is 9.59 Å². The van der Waals surface area contributed by atoms with Gasteiger partial charge in [-0.25, -0.2) is 0 Å². The number of benzene rings is 2. The Balaban J connectivity index is 2.33. The highest BCUT2D eigenvalue weighted by atomic mass is 35.5. The van der Waals surface area contributed by atoms with Gasteiger partial charge in [-0.1, -0.05) is 75.2 Å². The number of halogens is 2. The van der Waals surface area contributed by atoms with Crippen molar-refractivity contribution in [3.8, 4) is 5.75 Å². The number of carbonyl (C=O) groups is 2. The Hall–Kier alpha value is -2.24. The summed E-state index contributed by atoms with van der Waals surface area (Å²) in [6.45, 7) is 13.9. The molecule has 0 aliphatic heterocycles. The maximum Gasteiger partial charge on any atom is 0.261 e. The van der Waals surface area contributed by atoms with Crippen LogP contribution in [0.15, 0.2) is 42.5 Å². The van der Waals surface area contributed by atoms with Crippen LogP contribution in [0.5, 0.6) is 5.75 Å². The molecule has 2 amide bonds. The lowest BCUT2D eigenvalue weighted by Crippen LogP contribution is -2.54. The molecule has 0 aliphatic rings. The Morgan fingerprint density at radius 2 is 1.65 bits per heavy atom. The number of carbonyl (C=O) groups excluding carboxylic acids is 2. The molecule has 2 aromatic rings. The lowest BCUT2D eigenvalue weighted by atomic mass is 9.86. The lowest BCUT2D eigenvalue weighted by molar-refractivity contribution is -0.143. The highest BCUT2D eigenvalue weighted by Gasteiger charge is 2.31. The molecule has 34 heavy (non-hydrogen) atoms.